The number of nitrogens with two attached hydrogens (primary N) is 1. The molecule has 0 radical (unpaired) electrons. The molecule has 0 unspecified atom stereocenters. The second kappa shape index (κ2) is 16.4. The van der Waals surface area contributed by atoms with E-state index < -0.39 is 12.1 Å². The summed E-state index contributed by atoms with van der Waals surface area (Å²) in [5.74, 6) is -2.54. The molecule has 0 aliphatic heterocycles. The monoisotopic (exact) mass is 441 g/mol. The SMILES string of the molecule is COC(=O)c1cccc(OCCOCCOCCOCCN)c1.O=C(O)C(F)(F)F. The van der Waals surface area contributed by atoms with E-state index in [1.54, 1.807) is 24.3 Å². The van der Waals surface area contributed by atoms with Crippen molar-refractivity contribution in [2.45, 2.75) is 6.18 Å². The Bertz CT molecular complexity index is 613. The van der Waals surface area contributed by atoms with Crippen LogP contribution in [0.15, 0.2) is 24.3 Å². The van der Waals surface area contributed by atoms with Crippen LogP contribution in [0, 0.1) is 0 Å². The molecule has 9 nitrogen and oxygen atoms in total. The fourth-order valence-electron chi connectivity index (χ4n) is 1.67. The van der Waals surface area contributed by atoms with Crippen LogP contribution >= 0.6 is 0 Å². The molecule has 0 spiro atoms. The van der Waals surface area contributed by atoms with Crippen LogP contribution in [-0.4, -0.2) is 83.1 Å². The summed E-state index contributed by atoms with van der Waals surface area (Å²) in [5, 5.41) is 7.12. The van der Waals surface area contributed by atoms with Gasteiger partial charge in [0.15, 0.2) is 0 Å². The van der Waals surface area contributed by atoms with Crippen molar-refractivity contribution in [3.8, 4) is 5.75 Å². The van der Waals surface area contributed by atoms with Crippen molar-refractivity contribution in [1.29, 1.82) is 0 Å². The molecule has 0 heterocycles. The summed E-state index contributed by atoms with van der Waals surface area (Å²) < 4.78 is 57.8. The highest BCUT2D eigenvalue weighted by molar-refractivity contribution is 5.89. The van der Waals surface area contributed by atoms with Gasteiger partial charge in [0.25, 0.3) is 0 Å². The molecular weight excluding hydrogens is 415 g/mol. The van der Waals surface area contributed by atoms with Gasteiger partial charge in [0, 0.05) is 6.54 Å². The summed E-state index contributed by atoms with van der Waals surface area (Å²) in [5.41, 5.74) is 5.74. The number of carbonyl (C=O) groups is 2. The molecule has 0 atom stereocenters. The Morgan fingerprint density at radius 2 is 1.47 bits per heavy atom. The van der Waals surface area contributed by atoms with Gasteiger partial charge in [-0.1, -0.05) is 6.07 Å². The van der Waals surface area contributed by atoms with Gasteiger partial charge < -0.3 is 34.5 Å². The lowest BCUT2D eigenvalue weighted by atomic mass is 10.2. The highest BCUT2D eigenvalue weighted by Crippen LogP contribution is 2.14. The van der Waals surface area contributed by atoms with Crippen LogP contribution in [-0.2, 0) is 23.7 Å². The van der Waals surface area contributed by atoms with E-state index in [0.717, 1.165) is 0 Å². The zero-order valence-electron chi connectivity index (χ0n) is 16.5. The van der Waals surface area contributed by atoms with Crippen molar-refractivity contribution in [3.05, 3.63) is 29.8 Å². The Balaban J connectivity index is 0.00000103. The number of esters is 1. The van der Waals surface area contributed by atoms with Crippen LogP contribution < -0.4 is 10.5 Å². The van der Waals surface area contributed by atoms with Crippen LogP contribution in [0.25, 0.3) is 0 Å². The first-order valence-corrected chi connectivity index (χ1v) is 8.77. The van der Waals surface area contributed by atoms with Crippen molar-refractivity contribution >= 4 is 11.9 Å². The van der Waals surface area contributed by atoms with Crippen LogP contribution in [0.5, 0.6) is 5.75 Å². The molecule has 0 aliphatic rings. The number of carbonyl (C=O) groups excluding carboxylic acids is 1. The minimum atomic E-state index is -5.08. The molecule has 1 aromatic carbocycles. The molecule has 1 rings (SSSR count). The molecule has 0 aromatic heterocycles. The number of carboxylic acid groups (broad SMARTS) is 1. The van der Waals surface area contributed by atoms with Gasteiger partial charge in [-0.3, -0.25) is 0 Å². The second-order valence-corrected chi connectivity index (χ2v) is 5.30. The van der Waals surface area contributed by atoms with Gasteiger partial charge in [-0.2, -0.15) is 13.2 Å². The summed E-state index contributed by atoms with van der Waals surface area (Å²) in [6, 6.07) is 6.82. The first-order chi connectivity index (χ1) is 14.2. The standard InChI is InChI=1S/C16H25NO6.C2HF3O2/c1-19-16(18)14-3-2-4-15(13-14)23-12-11-22-10-9-21-8-7-20-6-5-17;3-2(4,5)1(6)7/h2-4,13H,5-12,17H2,1H3;(H,6,7). The molecule has 30 heavy (non-hydrogen) atoms. The molecule has 12 heteroatoms. The summed E-state index contributed by atoms with van der Waals surface area (Å²) in [6.07, 6.45) is -5.08. The lowest BCUT2D eigenvalue weighted by Crippen LogP contribution is -2.21. The third-order valence-corrected chi connectivity index (χ3v) is 3.00. The topological polar surface area (TPSA) is 127 Å². The van der Waals surface area contributed by atoms with Crippen LogP contribution in [0.1, 0.15) is 10.4 Å². The first-order valence-electron chi connectivity index (χ1n) is 8.77. The van der Waals surface area contributed by atoms with Gasteiger partial charge in [-0.15, -0.1) is 0 Å². The largest absolute Gasteiger partial charge is 0.491 e. The van der Waals surface area contributed by atoms with Gasteiger partial charge >= 0.3 is 18.1 Å². The number of hydrogen-bond donors (Lipinski definition) is 2. The summed E-state index contributed by atoms with van der Waals surface area (Å²) >= 11 is 0. The van der Waals surface area contributed by atoms with Gasteiger partial charge in [-0.05, 0) is 18.2 Å². The number of aliphatic carboxylic acids is 1. The number of hydrogen-bond acceptors (Lipinski definition) is 8. The van der Waals surface area contributed by atoms with Gasteiger partial charge in [0.1, 0.15) is 12.4 Å². The number of halogens is 3. The predicted octanol–water partition coefficient (Wildman–Crippen LogP) is 1.49. The molecule has 0 fully saturated rings. The molecule has 3 N–H and O–H groups in total. The predicted molar refractivity (Wildman–Crippen MR) is 98.5 cm³/mol. The molecule has 0 amide bonds. The van der Waals surface area contributed by atoms with Gasteiger partial charge in [0.2, 0.25) is 0 Å². The first kappa shape index (κ1) is 27.6. The molecule has 0 aliphatic carbocycles. The molecule has 0 saturated carbocycles. The third kappa shape index (κ3) is 14.6. The highest BCUT2D eigenvalue weighted by Gasteiger charge is 2.38. The maximum absolute atomic E-state index is 11.4. The number of benzene rings is 1. The van der Waals surface area contributed by atoms with E-state index in [0.29, 0.717) is 64.1 Å². The van der Waals surface area contributed by atoms with Crippen LogP contribution in [0.4, 0.5) is 13.2 Å². The van der Waals surface area contributed by atoms with Crippen molar-refractivity contribution in [1.82, 2.24) is 0 Å². The number of ether oxygens (including phenoxy) is 5. The van der Waals surface area contributed by atoms with Gasteiger partial charge in [0.05, 0.1) is 52.3 Å². The van der Waals surface area contributed by atoms with E-state index in [9.17, 15) is 18.0 Å². The summed E-state index contributed by atoms with van der Waals surface area (Å²) in [6.45, 7) is 3.96. The Labute approximate surface area is 171 Å². The average molecular weight is 441 g/mol. The van der Waals surface area contributed by atoms with Crippen molar-refractivity contribution in [3.63, 3.8) is 0 Å². The Morgan fingerprint density at radius 3 is 1.93 bits per heavy atom. The second-order valence-electron chi connectivity index (χ2n) is 5.30. The summed E-state index contributed by atoms with van der Waals surface area (Å²) in [7, 11) is 1.34. The maximum atomic E-state index is 11.4. The third-order valence-electron chi connectivity index (χ3n) is 3.00. The van der Waals surface area contributed by atoms with Crippen molar-refractivity contribution < 1.29 is 51.6 Å². The van der Waals surface area contributed by atoms with Crippen molar-refractivity contribution in [2.75, 3.05) is 59.9 Å². The number of rotatable bonds is 13. The smallest absolute Gasteiger partial charge is 0.490 e. The lowest BCUT2D eigenvalue weighted by molar-refractivity contribution is -0.192. The number of methoxy groups -OCH3 is 1. The Hall–Kier alpha value is -2.41. The number of alkyl halides is 3. The lowest BCUT2D eigenvalue weighted by Gasteiger charge is -2.09. The molecule has 172 valence electrons. The van der Waals surface area contributed by atoms with E-state index in [1.807, 2.05) is 0 Å². The Morgan fingerprint density at radius 1 is 0.967 bits per heavy atom. The quantitative estimate of drug-likeness (QED) is 0.346. The van der Waals surface area contributed by atoms with E-state index in [4.69, 9.17) is 34.6 Å². The average Bonchev–Trinajstić information content (AvgIpc) is 2.71. The van der Waals surface area contributed by atoms with E-state index in [-0.39, 0.29) is 5.97 Å². The fourth-order valence-corrected chi connectivity index (χ4v) is 1.67. The highest BCUT2D eigenvalue weighted by atomic mass is 19.4. The van der Waals surface area contributed by atoms with E-state index in [2.05, 4.69) is 4.74 Å². The van der Waals surface area contributed by atoms with E-state index >= 15 is 0 Å². The zero-order chi connectivity index (χ0) is 22.8. The fraction of sp³-hybridized carbons (Fsp3) is 0.556. The molecular formula is C18H26F3NO8. The zero-order valence-corrected chi connectivity index (χ0v) is 16.5. The normalized spacial score (nSPS) is 10.7. The minimum absolute atomic E-state index is 0.390. The number of carboxylic acids is 1. The van der Waals surface area contributed by atoms with Crippen LogP contribution in [0.3, 0.4) is 0 Å². The molecule has 1 aromatic rings. The maximum Gasteiger partial charge on any atom is 0.490 e. The summed E-state index contributed by atoms with van der Waals surface area (Å²) in [4.78, 5) is 20.3. The van der Waals surface area contributed by atoms with Gasteiger partial charge in [-0.25, -0.2) is 9.59 Å². The molecule has 0 saturated heterocycles. The van der Waals surface area contributed by atoms with Crippen molar-refractivity contribution in [2.24, 2.45) is 5.73 Å². The minimum Gasteiger partial charge on any atom is -0.491 e. The Kier molecular flexibility index (Phi) is 15.1. The van der Waals surface area contributed by atoms with Crippen LogP contribution in [0.2, 0.25) is 0 Å². The molecule has 0 bridgehead atoms. The van der Waals surface area contributed by atoms with E-state index in [1.165, 1.54) is 7.11 Å².